The molecule has 0 aliphatic rings. The van der Waals surface area contributed by atoms with Gasteiger partial charge >= 0.3 is 0 Å². The van der Waals surface area contributed by atoms with Gasteiger partial charge in [0.05, 0.1) is 11.4 Å². The summed E-state index contributed by atoms with van der Waals surface area (Å²) in [7, 11) is 0. The van der Waals surface area contributed by atoms with Crippen LogP contribution in [0.3, 0.4) is 0 Å². The van der Waals surface area contributed by atoms with E-state index in [1.165, 1.54) is 32.7 Å². The van der Waals surface area contributed by atoms with E-state index >= 15 is 0 Å². The van der Waals surface area contributed by atoms with Gasteiger partial charge in [0.15, 0.2) is 5.82 Å². The minimum absolute atomic E-state index is 0.682. The van der Waals surface area contributed by atoms with Crippen molar-refractivity contribution in [2.45, 2.75) is 0 Å². The van der Waals surface area contributed by atoms with Crippen molar-refractivity contribution >= 4 is 43.5 Å². The molecular formula is C54H34N2O. The van der Waals surface area contributed by atoms with E-state index in [2.05, 4.69) is 170 Å². The van der Waals surface area contributed by atoms with E-state index in [0.717, 1.165) is 72.3 Å². The Labute approximate surface area is 330 Å². The SMILES string of the molecule is c1ccc(-c2cc(-c3cc(-c4ccccc4-c4cc5ccccc5c5ccccc45)cc(-c4cccc5c4oc4ccccc45)c3)nc(-c3ccccc3)n2)cc1. The van der Waals surface area contributed by atoms with Crippen molar-refractivity contribution in [2.24, 2.45) is 0 Å². The number of nitrogens with zero attached hydrogens (tertiary/aromatic N) is 2. The summed E-state index contributed by atoms with van der Waals surface area (Å²) in [5.74, 6) is 0.682. The second-order valence-corrected chi connectivity index (χ2v) is 14.5. The molecule has 0 atom stereocenters. The Balaban J connectivity index is 1.19. The van der Waals surface area contributed by atoms with Crippen molar-refractivity contribution < 1.29 is 4.42 Å². The second-order valence-electron chi connectivity index (χ2n) is 14.5. The number of rotatable bonds is 6. The van der Waals surface area contributed by atoms with E-state index in [-0.39, 0.29) is 0 Å². The maximum Gasteiger partial charge on any atom is 0.160 e. The average Bonchev–Trinajstić information content (AvgIpc) is 3.68. The van der Waals surface area contributed by atoms with Gasteiger partial charge in [0.25, 0.3) is 0 Å². The van der Waals surface area contributed by atoms with Gasteiger partial charge in [-0.25, -0.2) is 9.97 Å². The van der Waals surface area contributed by atoms with E-state index < -0.39 is 0 Å². The number of hydrogen-bond donors (Lipinski definition) is 0. The molecule has 11 rings (SSSR count). The van der Waals surface area contributed by atoms with Crippen molar-refractivity contribution in [2.75, 3.05) is 0 Å². The summed E-state index contributed by atoms with van der Waals surface area (Å²) in [5, 5.41) is 7.14. The van der Waals surface area contributed by atoms with E-state index in [1.807, 2.05) is 36.4 Å². The van der Waals surface area contributed by atoms with Gasteiger partial charge in [-0.2, -0.15) is 0 Å². The zero-order valence-electron chi connectivity index (χ0n) is 30.9. The molecular weight excluding hydrogens is 693 g/mol. The molecule has 0 bridgehead atoms. The molecule has 0 unspecified atom stereocenters. The Morgan fingerprint density at radius 2 is 0.842 bits per heavy atom. The first-order chi connectivity index (χ1) is 28.2. The van der Waals surface area contributed by atoms with Crippen LogP contribution >= 0.6 is 0 Å². The highest BCUT2D eigenvalue weighted by atomic mass is 16.3. The number of hydrogen-bond acceptors (Lipinski definition) is 3. The molecule has 0 radical (unpaired) electrons. The number of furan rings is 1. The maximum absolute atomic E-state index is 6.64. The lowest BCUT2D eigenvalue weighted by molar-refractivity contribution is 0.670. The van der Waals surface area contributed by atoms with Crippen LogP contribution in [0.2, 0.25) is 0 Å². The Hall–Kier alpha value is -7.62. The molecule has 3 nitrogen and oxygen atoms in total. The standard InChI is InChI=1S/C54H34N2O/c1-3-16-35(17-4-1)50-34-51(56-54(55-50)36-18-5-2-6-19-36)40-31-38(30-39(32-40)43-27-15-28-48-47-26-13-14-29-52(47)57-53(43)48)42-22-9-10-24-45(42)49-33-37-20-7-8-21-41(37)44-23-11-12-25-46(44)49/h1-34H. The van der Waals surface area contributed by atoms with Gasteiger partial charge in [0.1, 0.15) is 11.2 Å². The van der Waals surface area contributed by atoms with E-state index in [9.17, 15) is 0 Å². The number of aromatic nitrogens is 2. The molecule has 57 heavy (non-hydrogen) atoms. The highest BCUT2D eigenvalue weighted by Crippen LogP contribution is 2.43. The molecule has 0 N–H and O–H groups in total. The fraction of sp³-hybridized carbons (Fsp3) is 0. The van der Waals surface area contributed by atoms with Crippen LogP contribution in [0.15, 0.2) is 211 Å². The third-order valence-electron chi connectivity index (χ3n) is 11.1. The van der Waals surface area contributed by atoms with Gasteiger partial charge in [0.2, 0.25) is 0 Å². The predicted molar refractivity (Wildman–Crippen MR) is 237 cm³/mol. The quantitative estimate of drug-likeness (QED) is 0.160. The maximum atomic E-state index is 6.64. The van der Waals surface area contributed by atoms with Gasteiger partial charge < -0.3 is 4.42 Å². The first kappa shape index (κ1) is 32.8. The minimum atomic E-state index is 0.682. The molecule has 2 aromatic heterocycles. The molecule has 0 saturated carbocycles. The van der Waals surface area contributed by atoms with Crippen molar-refractivity contribution in [1.82, 2.24) is 9.97 Å². The molecule has 9 aromatic carbocycles. The van der Waals surface area contributed by atoms with Gasteiger partial charge in [-0.3, -0.25) is 0 Å². The van der Waals surface area contributed by atoms with Crippen molar-refractivity contribution in [1.29, 1.82) is 0 Å². The summed E-state index contributed by atoms with van der Waals surface area (Å²) >= 11 is 0. The summed E-state index contributed by atoms with van der Waals surface area (Å²) < 4.78 is 6.64. The number of para-hydroxylation sites is 2. The van der Waals surface area contributed by atoms with Crippen LogP contribution in [-0.4, -0.2) is 9.97 Å². The van der Waals surface area contributed by atoms with Gasteiger partial charge in [0, 0.05) is 33.0 Å². The van der Waals surface area contributed by atoms with Crippen LogP contribution in [-0.2, 0) is 0 Å². The molecule has 0 spiro atoms. The Morgan fingerprint density at radius 1 is 0.298 bits per heavy atom. The minimum Gasteiger partial charge on any atom is -0.455 e. The molecule has 3 heteroatoms. The normalized spacial score (nSPS) is 11.5. The third kappa shape index (κ3) is 5.76. The zero-order valence-corrected chi connectivity index (χ0v) is 30.9. The molecule has 0 aliphatic carbocycles. The summed E-state index contributed by atoms with van der Waals surface area (Å²) in [6.45, 7) is 0. The van der Waals surface area contributed by atoms with E-state index in [4.69, 9.17) is 14.4 Å². The van der Waals surface area contributed by atoms with E-state index in [0.29, 0.717) is 5.82 Å². The molecule has 0 saturated heterocycles. The Bertz CT molecular complexity index is 3230. The predicted octanol–water partition coefficient (Wildman–Crippen LogP) is 14.7. The van der Waals surface area contributed by atoms with Gasteiger partial charge in [-0.15, -0.1) is 0 Å². The Morgan fingerprint density at radius 3 is 1.63 bits per heavy atom. The fourth-order valence-corrected chi connectivity index (χ4v) is 8.38. The third-order valence-corrected chi connectivity index (χ3v) is 11.1. The van der Waals surface area contributed by atoms with E-state index in [1.54, 1.807) is 0 Å². The fourth-order valence-electron chi connectivity index (χ4n) is 8.38. The molecule has 0 fully saturated rings. The lowest BCUT2D eigenvalue weighted by Gasteiger charge is -2.17. The lowest BCUT2D eigenvalue weighted by Crippen LogP contribution is -1.97. The summed E-state index contributed by atoms with van der Waals surface area (Å²) in [6, 6.07) is 72.9. The van der Waals surface area contributed by atoms with Crippen molar-refractivity contribution in [3.05, 3.63) is 206 Å². The van der Waals surface area contributed by atoms with Crippen LogP contribution in [0, 0.1) is 0 Å². The monoisotopic (exact) mass is 726 g/mol. The summed E-state index contributed by atoms with van der Waals surface area (Å²) in [4.78, 5) is 10.4. The second kappa shape index (κ2) is 13.6. The smallest absolute Gasteiger partial charge is 0.160 e. The first-order valence-electron chi connectivity index (χ1n) is 19.3. The lowest BCUT2D eigenvalue weighted by atomic mass is 9.87. The van der Waals surface area contributed by atoms with Crippen LogP contribution in [0.25, 0.3) is 111 Å². The number of fused-ring (bicyclic) bond motifs is 6. The Kier molecular flexibility index (Phi) is 7.82. The molecule has 266 valence electrons. The largest absolute Gasteiger partial charge is 0.455 e. The van der Waals surface area contributed by atoms with Gasteiger partial charge in [-0.1, -0.05) is 170 Å². The first-order valence-corrected chi connectivity index (χ1v) is 19.3. The molecule has 0 aliphatic heterocycles. The highest BCUT2D eigenvalue weighted by molar-refractivity contribution is 6.15. The average molecular weight is 727 g/mol. The molecule has 2 heterocycles. The topological polar surface area (TPSA) is 38.9 Å². The highest BCUT2D eigenvalue weighted by Gasteiger charge is 2.19. The number of benzene rings is 9. The molecule has 11 aromatic rings. The summed E-state index contributed by atoms with van der Waals surface area (Å²) in [5.41, 5.74) is 13.1. The van der Waals surface area contributed by atoms with Crippen LogP contribution < -0.4 is 0 Å². The van der Waals surface area contributed by atoms with Crippen LogP contribution in [0.1, 0.15) is 0 Å². The van der Waals surface area contributed by atoms with Crippen molar-refractivity contribution in [3.63, 3.8) is 0 Å². The van der Waals surface area contributed by atoms with Crippen LogP contribution in [0.4, 0.5) is 0 Å². The zero-order chi connectivity index (χ0) is 37.7. The van der Waals surface area contributed by atoms with Gasteiger partial charge in [-0.05, 0) is 85.8 Å². The van der Waals surface area contributed by atoms with Crippen molar-refractivity contribution in [3.8, 4) is 67.3 Å². The molecule has 0 amide bonds. The van der Waals surface area contributed by atoms with Crippen LogP contribution in [0.5, 0.6) is 0 Å². The summed E-state index contributed by atoms with van der Waals surface area (Å²) in [6.07, 6.45) is 0.